The summed E-state index contributed by atoms with van der Waals surface area (Å²) in [6, 6.07) is 0. The van der Waals surface area contributed by atoms with Crippen LogP contribution in [0.2, 0.25) is 0 Å². The first kappa shape index (κ1) is 9.12. The van der Waals surface area contributed by atoms with Crippen molar-refractivity contribution in [2.24, 2.45) is 5.41 Å². The van der Waals surface area contributed by atoms with Crippen LogP contribution in [0.5, 0.6) is 0 Å². The lowest BCUT2D eigenvalue weighted by Gasteiger charge is -2.37. The van der Waals surface area contributed by atoms with Gasteiger partial charge in [-0.2, -0.15) is 0 Å². The predicted molar refractivity (Wildman–Crippen MR) is 46.4 cm³/mol. The molecule has 66 valence electrons. The number of hydrogen-bond acceptors (Lipinski definition) is 2. The highest BCUT2D eigenvalue weighted by molar-refractivity contribution is 5.78. The van der Waals surface area contributed by atoms with Crippen LogP contribution in [0.3, 0.4) is 0 Å². The molecule has 0 spiro atoms. The summed E-state index contributed by atoms with van der Waals surface area (Å²) in [5.74, 6) is 5.68. The number of ether oxygens (including phenoxy) is 1. The number of methoxy groups -OCH3 is 1. The Balaban J connectivity index is 2.60. The third kappa shape index (κ3) is 1.45. The largest absolute Gasteiger partial charge is 0.469 e. The Morgan fingerprint density at radius 3 is 2.58 bits per heavy atom. The van der Waals surface area contributed by atoms with Gasteiger partial charge < -0.3 is 4.74 Å². The first-order valence-electron chi connectivity index (χ1n) is 4.23. The second kappa shape index (κ2) is 3.62. The molecule has 2 heteroatoms. The Morgan fingerprint density at radius 2 is 2.25 bits per heavy atom. The quantitative estimate of drug-likeness (QED) is 0.461. The van der Waals surface area contributed by atoms with Crippen molar-refractivity contribution in [2.75, 3.05) is 7.11 Å². The lowest BCUT2D eigenvalue weighted by molar-refractivity contribution is -0.157. The summed E-state index contributed by atoms with van der Waals surface area (Å²) in [6.07, 6.45) is 3.67. The fourth-order valence-corrected chi connectivity index (χ4v) is 1.53. The van der Waals surface area contributed by atoms with Crippen molar-refractivity contribution in [1.82, 2.24) is 0 Å². The topological polar surface area (TPSA) is 26.3 Å². The molecule has 1 aliphatic rings. The van der Waals surface area contributed by atoms with Crippen molar-refractivity contribution in [1.29, 1.82) is 0 Å². The van der Waals surface area contributed by atoms with Crippen molar-refractivity contribution in [3.05, 3.63) is 0 Å². The van der Waals surface area contributed by atoms with Crippen LogP contribution in [0.15, 0.2) is 0 Å². The van der Waals surface area contributed by atoms with Gasteiger partial charge in [-0.15, -0.1) is 11.8 Å². The number of esters is 1. The SMILES string of the molecule is CC#CCC1(C(=O)OC)CCC1. The van der Waals surface area contributed by atoms with Crippen LogP contribution in [0.1, 0.15) is 32.6 Å². The normalized spacial score (nSPS) is 18.5. The zero-order chi connectivity index (χ0) is 9.03. The third-order valence-electron chi connectivity index (χ3n) is 2.53. The minimum Gasteiger partial charge on any atom is -0.469 e. The minimum atomic E-state index is -0.252. The molecule has 0 aromatic rings. The molecule has 0 radical (unpaired) electrons. The van der Waals surface area contributed by atoms with E-state index in [-0.39, 0.29) is 11.4 Å². The Kier molecular flexibility index (Phi) is 2.75. The second-order valence-corrected chi connectivity index (χ2v) is 3.23. The van der Waals surface area contributed by atoms with E-state index < -0.39 is 0 Å². The smallest absolute Gasteiger partial charge is 0.312 e. The molecule has 1 rings (SSSR count). The molecule has 0 bridgehead atoms. The zero-order valence-corrected chi connectivity index (χ0v) is 7.64. The highest BCUT2D eigenvalue weighted by atomic mass is 16.5. The predicted octanol–water partition coefficient (Wildman–Crippen LogP) is 1.74. The number of carbonyl (C=O) groups is 1. The van der Waals surface area contributed by atoms with Gasteiger partial charge in [-0.05, 0) is 19.8 Å². The molecule has 0 amide bonds. The van der Waals surface area contributed by atoms with E-state index in [0.29, 0.717) is 6.42 Å². The molecule has 0 N–H and O–H groups in total. The number of rotatable bonds is 2. The van der Waals surface area contributed by atoms with Gasteiger partial charge in [0.15, 0.2) is 0 Å². The molecular weight excluding hydrogens is 152 g/mol. The van der Waals surface area contributed by atoms with E-state index in [1.54, 1.807) is 6.92 Å². The van der Waals surface area contributed by atoms with Gasteiger partial charge in [0.1, 0.15) is 0 Å². The Labute approximate surface area is 73.3 Å². The monoisotopic (exact) mass is 166 g/mol. The van der Waals surface area contributed by atoms with Crippen molar-refractivity contribution >= 4 is 5.97 Å². The molecule has 0 unspecified atom stereocenters. The summed E-state index contributed by atoms with van der Waals surface area (Å²) in [5, 5.41) is 0. The fourth-order valence-electron chi connectivity index (χ4n) is 1.53. The van der Waals surface area contributed by atoms with Gasteiger partial charge in [-0.3, -0.25) is 4.79 Å². The van der Waals surface area contributed by atoms with E-state index >= 15 is 0 Å². The van der Waals surface area contributed by atoms with Crippen molar-refractivity contribution < 1.29 is 9.53 Å². The lowest BCUT2D eigenvalue weighted by atomic mass is 9.67. The molecule has 12 heavy (non-hydrogen) atoms. The van der Waals surface area contributed by atoms with Crippen molar-refractivity contribution in [3.8, 4) is 11.8 Å². The van der Waals surface area contributed by atoms with Gasteiger partial charge in [0, 0.05) is 6.42 Å². The van der Waals surface area contributed by atoms with Crippen LogP contribution in [0.25, 0.3) is 0 Å². The van der Waals surface area contributed by atoms with Crippen LogP contribution in [-0.2, 0) is 9.53 Å². The molecular formula is C10H14O2. The summed E-state index contributed by atoms with van der Waals surface area (Å²) >= 11 is 0. The summed E-state index contributed by atoms with van der Waals surface area (Å²) in [4.78, 5) is 11.3. The molecule has 1 saturated carbocycles. The van der Waals surface area contributed by atoms with Gasteiger partial charge in [0.2, 0.25) is 0 Å². The maximum atomic E-state index is 11.3. The molecule has 0 atom stereocenters. The summed E-state index contributed by atoms with van der Waals surface area (Å²) in [7, 11) is 1.45. The van der Waals surface area contributed by atoms with E-state index in [0.717, 1.165) is 19.3 Å². The molecule has 1 fully saturated rings. The summed E-state index contributed by atoms with van der Waals surface area (Å²) in [6.45, 7) is 1.80. The summed E-state index contributed by atoms with van der Waals surface area (Å²) < 4.78 is 4.75. The standard InChI is InChI=1S/C10H14O2/c1-3-4-6-10(7-5-8-10)9(11)12-2/h5-8H2,1-2H3. The molecule has 0 heterocycles. The average Bonchev–Trinajstić information content (AvgIpc) is 2.02. The maximum absolute atomic E-state index is 11.3. The van der Waals surface area contributed by atoms with E-state index in [4.69, 9.17) is 4.74 Å². The molecule has 1 aliphatic carbocycles. The van der Waals surface area contributed by atoms with Crippen LogP contribution < -0.4 is 0 Å². The Bertz CT molecular complexity index is 228. The highest BCUT2D eigenvalue weighted by Crippen LogP contribution is 2.44. The molecule has 2 nitrogen and oxygen atoms in total. The first-order valence-corrected chi connectivity index (χ1v) is 4.23. The third-order valence-corrected chi connectivity index (χ3v) is 2.53. The molecule has 0 aliphatic heterocycles. The Hall–Kier alpha value is -0.970. The van der Waals surface area contributed by atoms with Gasteiger partial charge >= 0.3 is 5.97 Å². The van der Waals surface area contributed by atoms with E-state index in [2.05, 4.69) is 11.8 Å². The number of carbonyl (C=O) groups excluding carboxylic acids is 1. The van der Waals surface area contributed by atoms with E-state index in [1.807, 2.05) is 0 Å². The Morgan fingerprint density at radius 1 is 1.58 bits per heavy atom. The molecule has 0 saturated heterocycles. The van der Waals surface area contributed by atoms with Gasteiger partial charge in [-0.25, -0.2) is 0 Å². The first-order chi connectivity index (χ1) is 5.75. The van der Waals surface area contributed by atoms with E-state index in [1.165, 1.54) is 7.11 Å². The van der Waals surface area contributed by atoms with Crippen molar-refractivity contribution in [2.45, 2.75) is 32.6 Å². The van der Waals surface area contributed by atoms with Crippen LogP contribution in [0, 0.1) is 17.3 Å². The van der Waals surface area contributed by atoms with Crippen LogP contribution in [-0.4, -0.2) is 13.1 Å². The van der Waals surface area contributed by atoms with Gasteiger partial charge in [0.05, 0.1) is 12.5 Å². The van der Waals surface area contributed by atoms with E-state index in [9.17, 15) is 4.79 Å². The van der Waals surface area contributed by atoms with Crippen molar-refractivity contribution in [3.63, 3.8) is 0 Å². The maximum Gasteiger partial charge on any atom is 0.312 e. The summed E-state index contributed by atoms with van der Waals surface area (Å²) in [5.41, 5.74) is -0.252. The minimum absolute atomic E-state index is 0.0866. The van der Waals surface area contributed by atoms with Gasteiger partial charge in [0.25, 0.3) is 0 Å². The molecule has 0 aromatic carbocycles. The molecule has 0 aromatic heterocycles. The van der Waals surface area contributed by atoms with Crippen LogP contribution >= 0.6 is 0 Å². The average molecular weight is 166 g/mol. The second-order valence-electron chi connectivity index (χ2n) is 3.23. The fraction of sp³-hybridized carbons (Fsp3) is 0.700. The van der Waals surface area contributed by atoms with Gasteiger partial charge in [-0.1, -0.05) is 6.42 Å². The lowest BCUT2D eigenvalue weighted by Crippen LogP contribution is -2.38. The number of hydrogen-bond donors (Lipinski definition) is 0. The van der Waals surface area contributed by atoms with Crippen LogP contribution in [0.4, 0.5) is 0 Å². The zero-order valence-electron chi connectivity index (χ0n) is 7.64. The highest BCUT2D eigenvalue weighted by Gasteiger charge is 2.44.